The highest BCUT2D eigenvalue weighted by molar-refractivity contribution is 5.99. The Labute approximate surface area is 125 Å². The van der Waals surface area contributed by atoms with Gasteiger partial charge in [-0.25, -0.2) is 0 Å². The average molecular weight is 326 g/mol. The van der Waals surface area contributed by atoms with Gasteiger partial charge >= 0.3 is 6.18 Å². The van der Waals surface area contributed by atoms with Crippen LogP contribution in [0.4, 0.5) is 24.5 Å². The summed E-state index contributed by atoms with van der Waals surface area (Å²) in [6.07, 6.45) is -4.57. The number of nitrogens with one attached hydrogen (secondary N) is 2. The summed E-state index contributed by atoms with van der Waals surface area (Å²) in [4.78, 5) is 22.4. The van der Waals surface area contributed by atoms with E-state index in [0.717, 1.165) is 18.2 Å². The van der Waals surface area contributed by atoms with Crippen molar-refractivity contribution in [2.45, 2.75) is 19.5 Å². The smallest absolute Gasteiger partial charge is 0.330 e. The van der Waals surface area contributed by atoms with Crippen molar-refractivity contribution >= 4 is 35.6 Å². The number of alkyl halides is 3. The van der Waals surface area contributed by atoms with Gasteiger partial charge in [0.25, 0.3) is 0 Å². The van der Waals surface area contributed by atoms with Crippen molar-refractivity contribution < 1.29 is 22.8 Å². The van der Waals surface area contributed by atoms with Crippen molar-refractivity contribution in [1.29, 1.82) is 0 Å². The summed E-state index contributed by atoms with van der Waals surface area (Å²) < 4.78 is 37.9. The van der Waals surface area contributed by atoms with Crippen molar-refractivity contribution in [2.75, 3.05) is 17.2 Å². The Morgan fingerprint density at radius 2 is 1.81 bits per heavy atom. The monoisotopic (exact) mass is 325 g/mol. The number of benzene rings is 1. The van der Waals surface area contributed by atoms with E-state index in [1.807, 2.05) is 0 Å². The summed E-state index contributed by atoms with van der Waals surface area (Å²) in [6, 6.07) is 2.67. The summed E-state index contributed by atoms with van der Waals surface area (Å²) in [5, 5.41) is 4.64. The quantitative estimate of drug-likeness (QED) is 0.794. The van der Waals surface area contributed by atoms with Gasteiger partial charge in [0, 0.05) is 19.9 Å². The molecular weight excluding hydrogens is 311 g/mol. The molecule has 0 bridgehead atoms. The fourth-order valence-electron chi connectivity index (χ4n) is 1.47. The maximum Gasteiger partial charge on any atom is 0.416 e. The highest BCUT2D eigenvalue weighted by atomic mass is 35.5. The Morgan fingerprint density at radius 1 is 1.19 bits per heavy atom. The first kappa shape index (κ1) is 19.2. The van der Waals surface area contributed by atoms with Crippen molar-refractivity contribution in [3.63, 3.8) is 0 Å². The van der Waals surface area contributed by atoms with Crippen LogP contribution >= 0.6 is 12.4 Å². The lowest BCUT2D eigenvalue weighted by Gasteiger charge is -2.14. The van der Waals surface area contributed by atoms with Gasteiger partial charge in [-0.3, -0.25) is 9.59 Å². The SMILES string of the molecule is CC(=O)Nc1ccc(C(F)(F)F)cc1NC(=O)CCN.Cl. The van der Waals surface area contributed by atoms with Gasteiger partial charge in [-0.05, 0) is 18.2 Å². The number of anilines is 2. The third-order valence-electron chi connectivity index (χ3n) is 2.30. The molecule has 2 amide bonds. The Bertz CT molecular complexity index is 521. The molecule has 9 heteroatoms. The molecule has 21 heavy (non-hydrogen) atoms. The molecule has 0 saturated heterocycles. The zero-order chi connectivity index (χ0) is 15.3. The molecule has 0 fully saturated rings. The number of amides is 2. The zero-order valence-corrected chi connectivity index (χ0v) is 11.9. The molecule has 0 atom stereocenters. The molecule has 4 N–H and O–H groups in total. The molecule has 0 aliphatic carbocycles. The second-order valence-electron chi connectivity index (χ2n) is 4.03. The third kappa shape index (κ3) is 6.01. The van der Waals surface area contributed by atoms with Crippen LogP contribution in [-0.4, -0.2) is 18.4 Å². The Kier molecular flexibility index (Phi) is 7.17. The van der Waals surface area contributed by atoms with Crippen molar-refractivity contribution in [1.82, 2.24) is 0 Å². The van der Waals surface area contributed by atoms with Gasteiger partial charge in [0.05, 0.1) is 16.9 Å². The lowest BCUT2D eigenvalue weighted by Crippen LogP contribution is -2.18. The minimum absolute atomic E-state index is 0. The number of carbonyl (C=O) groups excluding carboxylic acids is 2. The van der Waals surface area contributed by atoms with Gasteiger partial charge in [0.15, 0.2) is 0 Å². The molecule has 0 heterocycles. The number of hydrogen-bond acceptors (Lipinski definition) is 3. The van der Waals surface area contributed by atoms with Crippen molar-refractivity contribution in [3.8, 4) is 0 Å². The largest absolute Gasteiger partial charge is 0.416 e. The molecule has 1 aromatic rings. The minimum Gasteiger partial charge on any atom is -0.330 e. The zero-order valence-electron chi connectivity index (χ0n) is 11.1. The normalized spacial score (nSPS) is 10.5. The molecule has 0 unspecified atom stereocenters. The summed E-state index contributed by atoms with van der Waals surface area (Å²) >= 11 is 0. The first-order valence-electron chi connectivity index (χ1n) is 5.73. The number of carbonyl (C=O) groups is 2. The molecule has 5 nitrogen and oxygen atoms in total. The lowest BCUT2D eigenvalue weighted by molar-refractivity contribution is -0.137. The topological polar surface area (TPSA) is 84.2 Å². The van der Waals surface area contributed by atoms with E-state index in [9.17, 15) is 22.8 Å². The molecule has 0 spiro atoms. The van der Waals surface area contributed by atoms with E-state index in [-0.39, 0.29) is 36.7 Å². The summed E-state index contributed by atoms with van der Waals surface area (Å²) in [5.74, 6) is -0.988. The predicted molar refractivity (Wildman–Crippen MR) is 75.3 cm³/mol. The first-order chi connectivity index (χ1) is 9.24. The fourth-order valence-corrected chi connectivity index (χ4v) is 1.47. The van der Waals surface area contributed by atoms with E-state index in [2.05, 4.69) is 10.6 Å². The molecule has 118 valence electrons. The van der Waals surface area contributed by atoms with Crippen LogP contribution < -0.4 is 16.4 Å². The van der Waals surface area contributed by atoms with Crippen LogP contribution in [-0.2, 0) is 15.8 Å². The van der Waals surface area contributed by atoms with Gasteiger partial charge in [-0.2, -0.15) is 13.2 Å². The van der Waals surface area contributed by atoms with E-state index >= 15 is 0 Å². The first-order valence-corrected chi connectivity index (χ1v) is 5.73. The van der Waals surface area contributed by atoms with E-state index < -0.39 is 23.6 Å². The van der Waals surface area contributed by atoms with Crippen LogP contribution in [0.5, 0.6) is 0 Å². The predicted octanol–water partition coefficient (Wildman–Crippen LogP) is 2.37. The molecular formula is C12H15ClF3N3O2. The third-order valence-corrected chi connectivity index (χ3v) is 2.30. The van der Waals surface area contributed by atoms with Gasteiger partial charge in [-0.15, -0.1) is 12.4 Å². The number of hydrogen-bond donors (Lipinski definition) is 3. The maximum atomic E-state index is 12.6. The molecule has 1 rings (SSSR count). The van der Waals surface area contributed by atoms with Crippen LogP contribution in [0, 0.1) is 0 Å². The maximum absolute atomic E-state index is 12.6. The van der Waals surface area contributed by atoms with Crippen molar-refractivity contribution in [3.05, 3.63) is 23.8 Å². The minimum atomic E-state index is -4.54. The second-order valence-corrected chi connectivity index (χ2v) is 4.03. The number of rotatable bonds is 4. The fraction of sp³-hybridized carbons (Fsp3) is 0.333. The molecule has 0 radical (unpaired) electrons. The molecule has 0 saturated carbocycles. The Hall–Kier alpha value is -1.80. The van der Waals surface area contributed by atoms with Gasteiger partial charge in [0.1, 0.15) is 0 Å². The Morgan fingerprint density at radius 3 is 2.29 bits per heavy atom. The second kappa shape index (κ2) is 7.84. The standard InChI is InChI=1S/C12H14F3N3O2.ClH/c1-7(19)17-9-3-2-8(12(13,14)15)6-10(9)18-11(20)4-5-16;/h2-3,6H,4-5,16H2,1H3,(H,17,19)(H,18,20);1H. The Balaban J connectivity index is 0.00000400. The van der Waals surface area contributed by atoms with E-state index in [4.69, 9.17) is 5.73 Å². The van der Waals surface area contributed by atoms with E-state index in [1.165, 1.54) is 6.92 Å². The molecule has 0 aliphatic rings. The number of halogens is 4. The highest BCUT2D eigenvalue weighted by Gasteiger charge is 2.31. The average Bonchev–Trinajstić information content (AvgIpc) is 2.29. The van der Waals surface area contributed by atoms with Gasteiger partial charge in [-0.1, -0.05) is 0 Å². The summed E-state index contributed by atoms with van der Waals surface area (Å²) in [6.45, 7) is 1.28. The van der Waals surface area contributed by atoms with Crippen molar-refractivity contribution in [2.24, 2.45) is 5.73 Å². The van der Waals surface area contributed by atoms with E-state index in [1.54, 1.807) is 0 Å². The molecule has 0 aromatic heterocycles. The van der Waals surface area contributed by atoms with Crippen LogP contribution in [0.1, 0.15) is 18.9 Å². The highest BCUT2D eigenvalue weighted by Crippen LogP contribution is 2.34. The summed E-state index contributed by atoms with van der Waals surface area (Å²) in [5.41, 5.74) is 4.25. The van der Waals surface area contributed by atoms with Gasteiger partial charge < -0.3 is 16.4 Å². The van der Waals surface area contributed by atoms with Gasteiger partial charge in [0.2, 0.25) is 11.8 Å². The van der Waals surface area contributed by atoms with Crippen LogP contribution in [0.15, 0.2) is 18.2 Å². The van der Waals surface area contributed by atoms with Crippen LogP contribution in [0.2, 0.25) is 0 Å². The molecule has 1 aromatic carbocycles. The van der Waals surface area contributed by atoms with E-state index in [0.29, 0.717) is 0 Å². The van der Waals surface area contributed by atoms with Crippen LogP contribution in [0.25, 0.3) is 0 Å². The number of nitrogens with two attached hydrogens (primary N) is 1. The van der Waals surface area contributed by atoms with Crippen LogP contribution in [0.3, 0.4) is 0 Å². The summed E-state index contributed by atoms with van der Waals surface area (Å²) in [7, 11) is 0. The lowest BCUT2D eigenvalue weighted by atomic mass is 10.1. The molecule has 0 aliphatic heterocycles.